The summed E-state index contributed by atoms with van der Waals surface area (Å²) in [6.07, 6.45) is 2.30. The molecule has 0 aliphatic rings. The quantitative estimate of drug-likeness (QED) is 0.505. The van der Waals surface area contributed by atoms with E-state index in [9.17, 15) is 13.2 Å². The first kappa shape index (κ1) is 17.4. The summed E-state index contributed by atoms with van der Waals surface area (Å²) in [5.74, 6) is -0.479. The van der Waals surface area contributed by atoms with Gasteiger partial charge in [-0.15, -0.1) is 0 Å². The van der Waals surface area contributed by atoms with Crippen LogP contribution in [-0.4, -0.2) is 39.5 Å². The summed E-state index contributed by atoms with van der Waals surface area (Å²) >= 11 is 0. The lowest BCUT2D eigenvalue weighted by Gasteiger charge is -2.21. The molecular formula is C12H25NO4S. The number of ether oxygens (including phenoxy) is 1. The van der Waals surface area contributed by atoms with Gasteiger partial charge in [-0.2, -0.15) is 0 Å². The molecule has 108 valence electrons. The second kappa shape index (κ2) is 7.74. The highest BCUT2D eigenvalue weighted by Crippen LogP contribution is 2.21. The highest BCUT2D eigenvalue weighted by atomic mass is 32.2. The molecule has 2 N–H and O–H groups in total. The third kappa shape index (κ3) is 8.47. The molecule has 0 aromatic carbocycles. The fourth-order valence-corrected chi connectivity index (χ4v) is 2.80. The second-order valence-electron chi connectivity index (χ2n) is 5.30. The number of methoxy groups -OCH3 is 1. The number of nitrogens with two attached hydrogens (primary N) is 1. The summed E-state index contributed by atoms with van der Waals surface area (Å²) in [5.41, 5.74) is 5.67. The predicted octanol–water partition coefficient (Wildman–Crippen LogP) is 1.12. The van der Waals surface area contributed by atoms with Crippen LogP contribution in [-0.2, 0) is 19.4 Å². The Morgan fingerprint density at radius 2 is 1.83 bits per heavy atom. The van der Waals surface area contributed by atoms with Gasteiger partial charge < -0.3 is 10.5 Å². The third-order valence-electron chi connectivity index (χ3n) is 2.96. The molecule has 0 radical (unpaired) electrons. The van der Waals surface area contributed by atoms with Gasteiger partial charge in [0, 0.05) is 0 Å². The fourth-order valence-electron chi connectivity index (χ4n) is 1.47. The molecule has 0 fully saturated rings. The summed E-state index contributed by atoms with van der Waals surface area (Å²) < 4.78 is 27.6. The zero-order valence-electron chi connectivity index (χ0n) is 11.6. The van der Waals surface area contributed by atoms with E-state index in [-0.39, 0.29) is 23.3 Å². The van der Waals surface area contributed by atoms with Gasteiger partial charge in [0.2, 0.25) is 0 Å². The maximum Gasteiger partial charge on any atom is 0.306 e. The van der Waals surface area contributed by atoms with Crippen LogP contribution < -0.4 is 5.73 Å². The van der Waals surface area contributed by atoms with Gasteiger partial charge in [-0.05, 0) is 24.8 Å². The molecule has 5 nitrogen and oxygen atoms in total. The molecule has 0 aliphatic heterocycles. The van der Waals surface area contributed by atoms with E-state index in [4.69, 9.17) is 5.73 Å². The van der Waals surface area contributed by atoms with Crippen molar-refractivity contribution in [2.75, 3.05) is 25.2 Å². The average Bonchev–Trinajstić information content (AvgIpc) is 2.32. The summed E-state index contributed by atoms with van der Waals surface area (Å²) in [5, 5.41) is 0. The van der Waals surface area contributed by atoms with Gasteiger partial charge in [0.15, 0.2) is 9.84 Å². The van der Waals surface area contributed by atoms with E-state index in [2.05, 4.69) is 18.6 Å². The molecular weight excluding hydrogens is 254 g/mol. The molecule has 0 spiro atoms. The number of unbranched alkanes of at least 4 members (excludes halogenated alkanes) is 1. The highest BCUT2D eigenvalue weighted by Gasteiger charge is 2.17. The summed E-state index contributed by atoms with van der Waals surface area (Å²) in [4.78, 5) is 10.9. The van der Waals surface area contributed by atoms with E-state index < -0.39 is 15.8 Å². The van der Waals surface area contributed by atoms with Crippen molar-refractivity contribution in [3.8, 4) is 0 Å². The van der Waals surface area contributed by atoms with Crippen LogP contribution in [0.25, 0.3) is 0 Å². The van der Waals surface area contributed by atoms with E-state index in [1.54, 1.807) is 0 Å². The number of hydrogen-bond donors (Lipinski definition) is 1. The Balaban J connectivity index is 3.88. The van der Waals surface area contributed by atoms with Crippen LogP contribution in [0.15, 0.2) is 0 Å². The SMILES string of the molecule is COC(=O)CCS(=O)(=O)CCCCC(C)(C)CN. The predicted molar refractivity (Wildman–Crippen MR) is 72.0 cm³/mol. The lowest BCUT2D eigenvalue weighted by atomic mass is 9.88. The summed E-state index contributed by atoms with van der Waals surface area (Å²) in [6.45, 7) is 4.74. The van der Waals surface area contributed by atoms with Gasteiger partial charge in [-0.1, -0.05) is 20.3 Å². The Morgan fingerprint density at radius 1 is 1.22 bits per heavy atom. The van der Waals surface area contributed by atoms with Crippen LogP contribution in [0.2, 0.25) is 0 Å². The molecule has 0 aromatic rings. The third-order valence-corrected chi connectivity index (χ3v) is 4.69. The van der Waals surface area contributed by atoms with Crippen molar-refractivity contribution in [1.82, 2.24) is 0 Å². The molecule has 0 saturated carbocycles. The van der Waals surface area contributed by atoms with Crippen molar-refractivity contribution in [2.45, 2.75) is 39.5 Å². The molecule has 0 bridgehead atoms. The lowest BCUT2D eigenvalue weighted by Crippen LogP contribution is -2.23. The van der Waals surface area contributed by atoms with Gasteiger partial charge in [0.1, 0.15) is 0 Å². The number of esters is 1. The van der Waals surface area contributed by atoms with Gasteiger partial charge in [-0.25, -0.2) is 8.42 Å². The molecule has 0 aliphatic carbocycles. The molecule has 18 heavy (non-hydrogen) atoms. The zero-order valence-corrected chi connectivity index (χ0v) is 12.4. The minimum absolute atomic E-state index is 0.0624. The monoisotopic (exact) mass is 279 g/mol. The Kier molecular flexibility index (Phi) is 7.47. The van der Waals surface area contributed by atoms with Crippen LogP contribution in [0, 0.1) is 5.41 Å². The molecule has 0 heterocycles. The summed E-state index contributed by atoms with van der Waals surface area (Å²) in [7, 11) is -1.89. The molecule has 6 heteroatoms. The Bertz CT molecular complexity index is 349. The van der Waals surface area contributed by atoms with Gasteiger partial charge in [0.05, 0.1) is 25.0 Å². The van der Waals surface area contributed by atoms with Crippen LogP contribution in [0.3, 0.4) is 0 Å². The van der Waals surface area contributed by atoms with Crippen LogP contribution in [0.5, 0.6) is 0 Å². The van der Waals surface area contributed by atoms with Crippen LogP contribution in [0.4, 0.5) is 0 Å². The van der Waals surface area contributed by atoms with E-state index >= 15 is 0 Å². The summed E-state index contributed by atoms with van der Waals surface area (Å²) in [6, 6.07) is 0. The first-order chi connectivity index (χ1) is 8.22. The lowest BCUT2D eigenvalue weighted by molar-refractivity contribution is -0.140. The van der Waals surface area contributed by atoms with E-state index in [1.807, 2.05) is 0 Å². The standard InChI is InChI=1S/C12H25NO4S/c1-12(2,10-13)7-4-5-8-18(15,16)9-6-11(14)17-3/h4-10,13H2,1-3H3. The van der Waals surface area contributed by atoms with Crippen molar-refractivity contribution in [1.29, 1.82) is 0 Å². The van der Waals surface area contributed by atoms with Gasteiger partial charge in [0.25, 0.3) is 0 Å². The van der Waals surface area contributed by atoms with Crippen molar-refractivity contribution in [3.63, 3.8) is 0 Å². The number of sulfone groups is 1. The van der Waals surface area contributed by atoms with Crippen molar-refractivity contribution in [2.24, 2.45) is 11.1 Å². The first-order valence-corrected chi connectivity index (χ1v) is 8.02. The Hall–Kier alpha value is -0.620. The van der Waals surface area contributed by atoms with Crippen molar-refractivity contribution in [3.05, 3.63) is 0 Å². The highest BCUT2D eigenvalue weighted by molar-refractivity contribution is 7.91. The van der Waals surface area contributed by atoms with E-state index in [1.165, 1.54) is 7.11 Å². The van der Waals surface area contributed by atoms with Crippen LogP contribution >= 0.6 is 0 Å². The largest absolute Gasteiger partial charge is 0.469 e. The maximum absolute atomic E-state index is 11.6. The minimum Gasteiger partial charge on any atom is -0.469 e. The second-order valence-corrected chi connectivity index (χ2v) is 7.61. The molecule has 0 atom stereocenters. The number of carbonyl (C=O) groups is 1. The topological polar surface area (TPSA) is 86.5 Å². The number of carbonyl (C=O) groups excluding carboxylic acids is 1. The molecule has 0 amide bonds. The number of rotatable bonds is 9. The Morgan fingerprint density at radius 3 is 2.33 bits per heavy atom. The van der Waals surface area contributed by atoms with Gasteiger partial charge >= 0.3 is 5.97 Å². The van der Waals surface area contributed by atoms with Crippen molar-refractivity contribution < 1.29 is 17.9 Å². The number of hydrogen-bond acceptors (Lipinski definition) is 5. The molecule has 0 unspecified atom stereocenters. The molecule has 0 aromatic heterocycles. The van der Waals surface area contributed by atoms with Crippen molar-refractivity contribution >= 4 is 15.8 Å². The molecule has 0 rings (SSSR count). The van der Waals surface area contributed by atoms with E-state index in [0.29, 0.717) is 13.0 Å². The smallest absolute Gasteiger partial charge is 0.306 e. The minimum atomic E-state index is -3.14. The maximum atomic E-state index is 11.6. The van der Waals surface area contributed by atoms with Crippen LogP contribution in [0.1, 0.15) is 39.5 Å². The normalized spacial score (nSPS) is 12.4. The Labute approximate surface area is 110 Å². The zero-order chi connectivity index (χ0) is 14.2. The average molecular weight is 279 g/mol. The fraction of sp³-hybridized carbons (Fsp3) is 0.917. The van der Waals surface area contributed by atoms with Gasteiger partial charge in [-0.3, -0.25) is 4.79 Å². The van der Waals surface area contributed by atoms with E-state index in [0.717, 1.165) is 12.8 Å². The molecule has 0 saturated heterocycles. The first-order valence-electron chi connectivity index (χ1n) is 6.20.